The summed E-state index contributed by atoms with van der Waals surface area (Å²) in [6, 6.07) is 5.32. The summed E-state index contributed by atoms with van der Waals surface area (Å²) in [5.41, 5.74) is 0. The van der Waals surface area contributed by atoms with Crippen LogP contribution in [0.2, 0.25) is 0 Å². The van der Waals surface area contributed by atoms with Gasteiger partial charge in [0.05, 0.1) is 0 Å². The van der Waals surface area contributed by atoms with Gasteiger partial charge in [0.2, 0.25) is 0 Å². The van der Waals surface area contributed by atoms with E-state index in [0.717, 1.165) is 0 Å². The van der Waals surface area contributed by atoms with Crippen molar-refractivity contribution >= 4 is 11.7 Å². The van der Waals surface area contributed by atoms with Crippen LogP contribution in [0, 0.1) is 0 Å². The second kappa shape index (κ2) is 3.91. The number of nitrogens with zero attached hydrogens (tertiary/aromatic N) is 3. The van der Waals surface area contributed by atoms with Gasteiger partial charge in [0.25, 0.3) is 5.91 Å². The van der Waals surface area contributed by atoms with Crippen molar-refractivity contribution in [2.45, 2.75) is 0 Å². The normalized spacial score (nSPS) is 9.93. The van der Waals surface area contributed by atoms with E-state index < -0.39 is 0 Å². The Kier molecular flexibility index (Phi) is 2.45. The lowest BCUT2D eigenvalue weighted by Crippen LogP contribution is -2.17. The number of hydrogen-bond donors (Lipinski definition) is 1. The molecule has 1 amide bonds. The fourth-order valence-corrected chi connectivity index (χ4v) is 1.19. The molecule has 0 unspecified atom stereocenters. The average Bonchev–Trinajstić information content (AvgIpc) is 2.66. The summed E-state index contributed by atoms with van der Waals surface area (Å²) < 4.78 is 1.65. The summed E-state index contributed by atoms with van der Waals surface area (Å²) in [6.07, 6.45) is 4.91. The summed E-state index contributed by atoms with van der Waals surface area (Å²) in [6.45, 7) is 0. The average molecular weight is 202 g/mol. The molecule has 0 saturated heterocycles. The van der Waals surface area contributed by atoms with Crippen LogP contribution in [0.1, 0.15) is 10.6 Å². The topological polar surface area (TPSA) is 59.8 Å². The summed E-state index contributed by atoms with van der Waals surface area (Å²) >= 11 is 0. The number of carbonyl (C=O) groups excluding carboxylic acids is 1. The highest BCUT2D eigenvalue weighted by Gasteiger charge is 2.10. The van der Waals surface area contributed by atoms with Crippen LogP contribution in [0.3, 0.4) is 0 Å². The molecule has 0 radical (unpaired) electrons. The maximum absolute atomic E-state index is 11.7. The van der Waals surface area contributed by atoms with Crippen LogP contribution in [0.25, 0.3) is 0 Å². The van der Waals surface area contributed by atoms with Gasteiger partial charge >= 0.3 is 0 Å². The van der Waals surface area contributed by atoms with Gasteiger partial charge in [0.15, 0.2) is 5.82 Å². The first-order chi connectivity index (χ1) is 7.27. The highest BCUT2D eigenvalue weighted by atomic mass is 16.2. The van der Waals surface area contributed by atoms with Crippen LogP contribution >= 0.6 is 0 Å². The van der Waals surface area contributed by atoms with Crippen molar-refractivity contribution in [3.8, 4) is 0 Å². The van der Waals surface area contributed by atoms with E-state index in [9.17, 15) is 4.79 Å². The van der Waals surface area contributed by atoms with Crippen molar-refractivity contribution in [3.05, 3.63) is 42.6 Å². The van der Waals surface area contributed by atoms with E-state index >= 15 is 0 Å². The van der Waals surface area contributed by atoms with Crippen molar-refractivity contribution in [2.24, 2.45) is 7.05 Å². The Morgan fingerprint density at radius 1 is 1.33 bits per heavy atom. The third-order valence-electron chi connectivity index (χ3n) is 1.93. The largest absolute Gasteiger partial charge is 0.330 e. The van der Waals surface area contributed by atoms with Crippen LogP contribution in [0.4, 0.5) is 5.82 Å². The van der Waals surface area contributed by atoms with E-state index in [1.165, 1.54) is 0 Å². The molecule has 2 aromatic rings. The van der Waals surface area contributed by atoms with Gasteiger partial charge < -0.3 is 9.88 Å². The SMILES string of the molecule is Cn1ccnc1C(=O)Nc1ccccn1. The molecule has 0 bridgehead atoms. The molecule has 0 aliphatic carbocycles. The second-order valence-corrected chi connectivity index (χ2v) is 3.03. The van der Waals surface area contributed by atoms with Gasteiger partial charge in [0, 0.05) is 25.6 Å². The van der Waals surface area contributed by atoms with Crippen LogP contribution in [0.5, 0.6) is 0 Å². The second-order valence-electron chi connectivity index (χ2n) is 3.03. The summed E-state index contributed by atoms with van der Waals surface area (Å²) in [4.78, 5) is 19.6. The number of aromatic nitrogens is 3. The zero-order valence-electron chi connectivity index (χ0n) is 8.21. The molecule has 0 atom stereocenters. The van der Waals surface area contributed by atoms with Gasteiger partial charge in [-0.15, -0.1) is 0 Å². The zero-order chi connectivity index (χ0) is 10.7. The minimum Gasteiger partial charge on any atom is -0.330 e. The monoisotopic (exact) mass is 202 g/mol. The number of rotatable bonds is 2. The first kappa shape index (κ1) is 9.39. The molecule has 0 fully saturated rings. The number of pyridine rings is 1. The van der Waals surface area contributed by atoms with Gasteiger partial charge in [0.1, 0.15) is 5.82 Å². The van der Waals surface area contributed by atoms with Crippen LogP contribution in [-0.2, 0) is 7.05 Å². The Hall–Kier alpha value is -2.17. The number of imidazole rings is 1. The molecule has 2 aromatic heterocycles. The molecule has 76 valence electrons. The van der Waals surface area contributed by atoms with E-state index in [4.69, 9.17) is 0 Å². The van der Waals surface area contributed by atoms with Crippen LogP contribution in [-0.4, -0.2) is 20.4 Å². The summed E-state index contributed by atoms with van der Waals surface area (Å²) in [7, 11) is 1.76. The highest BCUT2D eigenvalue weighted by Crippen LogP contribution is 2.03. The third-order valence-corrected chi connectivity index (χ3v) is 1.93. The molecule has 2 rings (SSSR count). The first-order valence-corrected chi connectivity index (χ1v) is 4.47. The van der Waals surface area contributed by atoms with E-state index in [2.05, 4.69) is 15.3 Å². The van der Waals surface area contributed by atoms with Gasteiger partial charge in [-0.2, -0.15) is 0 Å². The molecule has 2 heterocycles. The lowest BCUT2D eigenvalue weighted by atomic mass is 10.4. The summed E-state index contributed by atoms with van der Waals surface area (Å²) in [5.74, 6) is 0.618. The quantitative estimate of drug-likeness (QED) is 0.792. The Morgan fingerprint density at radius 3 is 2.80 bits per heavy atom. The molecule has 0 aliphatic heterocycles. The Morgan fingerprint density at radius 2 is 2.20 bits per heavy atom. The van der Waals surface area contributed by atoms with Crippen molar-refractivity contribution in [1.82, 2.24) is 14.5 Å². The van der Waals surface area contributed by atoms with Gasteiger partial charge in [-0.1, -0.05) is 6.07 Å². The van der Waals surface area contributed by atoms with E-state index in [1.807, 2.05) is 0 Å². The Labute approximate surface area is 86.8 Å². The number of nitrogens with one attached hydrogen (secondary N) is 1. The standard InChI is InChI=1S/C10H10N4O/c1-14-7-6-12-9(14)10(15)13-8-4-2-3-5-11-8/h2-7H,1H3,(H,11,13,15). The van der Waals surface area contributed by atoms with Crippen LogP contribution < -0.4 is 5.32 Å². The first-order valence-electron chi connectivity index (χ1n) is 4.47. The number of amides is 1. The minimum atomic E-state index is -0.263. The lowest BCUT2D eigenvalue weighted by Gasteiger charge is -2.03. The fourth-order valence-electron chi connectivity index (χ4n) is 1.19. The molecular weight excluding hydrogens is 192 g/mol. The molecule has 0 saturated carbocycles. The van der Waals surface area contributed by atoms with E-state index in [-0.39, 0.29) is 5.91 Å². The molecular formula is C10H10N4O. The van der Waals surface area contributed by atoms with Gasteiger partial charge in [-0.05, 0) is 12.1 Å². The maximum atomic E-state index is 11.7. The van der Waals surface area contributed by atoms with Crippen molar-refractivity contribution < 1.29 is 4.79 Å². The molecule has 5 nitrogen and oxygen atoms in total. The number of anilines is 1. The van der Waals surface area contributed by atoms with Crippen molar-refractivity contribution in [1.29, 1.82) is 0 Å². The molecule has 1 N–H and O–H groups in total. The molecule has 0 aromatic carbocycles. The number of aryl methyl sites for hydroxylation is 1. The molecule has 0 aliphatic rings. The molecule has 15 heavy (non-hydrogen) atoms. The van der Waals surface area contributed by atoms with Crippen LogP contribution in [0.15, 0.2) is 36.8 Å². The zero-order valence-corrected chi connectivity index (χ0v) is 8.21. The van der Waals surface area contributed by atoms with E-state index in [0.29, 0.717) is 11.6 Å². The lowest BCUT2D eigenvalue weighted by molar-refractivity contribution is 0.101. The van der Waals surface area contributed by atoms with Crippen molar-refractivity contribution in [3.63, 3.8) is 0 Å². The summed E-state index contributed by atoms with van der Waals surface area (Å²) in [5, 5.41) is 2.65. The minimum absolute atomic E-state index is 0.263. The predicted molar refractivity (Wildman–Crippen MR) is 55.4 cm³/mol. The fraction of sp³-hybridized carbons (Fsp3) is 0.100. The highest BCUT2D eigenvalue weighted by molar-refractivity contribution is 6.01. The Bertz CT molecular complexity index is 463. The van der Waals surface area contributed by atoms with Crippen molar-refractivity contribution in [2.75, 3.05) is 5.32 Å². The number of hydrogen-bond acceptors (Lipinski definition) is 3. The van der Waals surface area contributed by atoms with E-state index in [1.54, 1.807) is 48.4 Å². The third kappa shape index (κ3) is 2.01. The molecule has 0 spiro atoms. The predicted octanol–water partition coefficient (Wildman–Crippen LogP) is 1.07. The maximum Gasteiger partial charge on any atom is 0.292 e. The van der Waals surface area contributed by atoms with Gasteiger partial charge in [-0.25, -0.2) is 9.97 Å². The number of carbonyl (C=O) groups is 1. The smallest absolute Gasteiger partial charge is 0.292 e. The Balaban J connectivity index is 2.15. The molecule has 5 heteroatoms. The van der Waals surface area contributed by atoms with Gasteiger partial charge in [-0.3, -0.25) is 4.79 Å².